The predicted octanol–water partition coefficient (Wildman–Crippen LogP) is 3.29. The topological polar surface area (TPSA) is 55.4 Å². The Bertz CT molecular complexity index is 698. The van der Waals surface area contributed by atoms with E-state index in [-0.39, 0.29) is 16.9 Å². The van der Waals surface area contributed by atoms with E-state index in [1.165, 1.54) is 32.2 Å². The summed E-state index contributed by atoms with van der Waals surface area (Å²) in [5, 5.41) is 2.60. The first-order valence-electron chi connectivity index (χ1n) is 6.27. The van der Waals surface area contributed by atoms with Crippen molar-refractivity contribution < 1.29 is 18.7 Å². The van der Waals surface area contributed by atoms with Crippen molar-refractivity contribution in [3.05, 3.63) is 59.4 Å². The summed E-state index contributed by atoms with van der Waals surface area (Å²) in [6, 6.07) is 10.2. The van der Waals surface area contributed by atoms with Crippen LogP contribution in [0.4, 0.5) is 10.1 Å². The number of methoxy groups -OCH3 is 1. The number of carbonyl (C=O) groups is 2. The molecule has 1 N–H and O–H groups in total. The van der Waals surface area contributed by atoms with Gasteiger partial charge in [0.15, 0.2) is 5.78 Å². The van der Waals surface area contributed by atoms with Crippen LogP contribution in [-0.2, 0) is 0 Å². The van der Waals surface area contributed by atoms with Crippen molar-refractivity contribution in [1.82, 2.24) is 0 Å². The molecule has 0 saturated heterocycles. The van der Waals surface area contributed by atoms with Gasteiger partial charge in [0.2, 0.25) is 0 Å². The van der Waals surface area contributed by atoms with Gasteiger partial charge in [-0.1, -0.05) is 12.1 Å². The van der Waals surface area contributed by atoms with Crippen LogP contribution in [0.2, 0.25) is 0 Å². The summed E-state index contributed by atoms with van der Waals surface area (Å²) >= 11 is 0. The van der Waals surface area contributed by atoms with Crippen molar-refractivity contribution in [2.45, 2.75) is 6.92 Å². The molecule has 2 rings (SSSR count). The summed E-state index contributed by atoms with van der Waals surface area (Å²) in [6.07, 6.45) is 0. The van der Waals surface area contributed by atoms with Gasteiger partial charge in [-0.05, 0) is 37.3 Å². The summed E-state index contributed by atoms with van der Waals surface area (Å²) < 4.78 is 18.3. The van der Waals surface area contributed by atoms with E-state index in [1.807, 2.05) is 0 Å². The minimum Gasteiger partial charge on any atom is -0.496 e. The van der Waals surface area contributed by atoms with E-state index < -0.39 is 11.7 Å². The number of rotatable bonds is 4. The van der Waals surface area contributed by atoms with Crippen molar-refractivity contribution in [3.63, 3.8) is 0 Å². The lowest BCUT2D eigenvalue weighted by Crippen LogP contribution is -2.15. The maximum atomic E-state index is 13.1. The van der Waals surface area contributed by atoms with Gasteiger partial charge in [-0.2, -0.15) is 0 Å². The fourth-order valence-corrected chi connectivity index (χ4v) is 1.99. The highest BCUT2D eigenvalue weighted by Crippen LogP contribution is 2.27. The molecule has 4 nitrogen and oxygen atoms in total. The SMILES string of the molecule is COc1cccc(NC(=O)c2cccc(F)c2)c1C(C)=O. The van der Waals surface area contributed by atoms with Crippen LogP contribution in [-0.4, -0.2) is 18.8 Å². The standard InChI is InChI=1S/C16H14FNO3/c1-10(19)15-13(7-4-8-14(15)21-2)18-16(20)11-5-3-6-12(17)9-11/h3-9H,1-2H3,(H,18,20). The number of nitrogens with one attached hydrogen (secondary N) is 1. The van der Waals surface area contributed by atoms with Crippen LogP contribution < -0.4 is 10.1 Å². The lowest BCUT2D eigenvalue weighted by atomic mass is 10.1. The number of benzene rings is 2. The molecule has 0 aliphatic heterocycles. The molecule has 5 heteroatoms. The molecule has 0 aliphatic carbocycles. The Kier molecular flexibility index (Phi) is 4.33. The molecule has 0 aliphatic rings. The predicted molar refractivity (Wildman–Crippen MR) is 77.4 cm³/mol. The second kappa shape index (κ2) is 6.17. The monoisotopic (exact) mass is 287 g/mol. The zero-order valence-corrected chi connectivity index (χ0v) is 11.6. The van der Waals surface area contributed by atoms with Gasteiger partial charge in [-0.25, -0.2) is 4.39 Å². The molecule has 0 atom stereocenters. The molecule has 2 aromatic rings. The number of Topliss-reactive ketones (excluding diaryl/α,β-unsaturated/α-hetero) is 1. The third-order valence-electron chi connectivity index (χ3n) is 2.93. The van der Waals surface area contributed by atoms with E-state index in [4.69, 9.17) is 4.74 Å². The van der Waals surface area contributed by atoms with Gasteiger partial charge < -0.3 is 10.1 Å². The average Bonchev–Trinajstić information content (AvgIpc) is 2.46. The van der Waals surface area contributed by atoms with E-state index in [0.29, 0.717) is 11.4 Å². The Morgan fingerprint density at radius 1 is 1.14 bits per heavy atom. The second-order valence-corrected chi connectivity index (χ2v) is 4.40. The Balaban J connectivity index is 2.35. The van der Waals surface area contributed by atoms with Gasteiger partial charge in [0.1, 0.15) is 11.6 Å². The molecular formula is C16H14FNO3. The van der Waals surface area contributed by atoms with Crippen LogP contribution in [0.15, 0.2) is 42.5 Å². The summed E-state index contributed by atoms with van der Waals surface area (Å²) in [7, 11) is 1.44. The zero-order valence-electron chi connectivity index (χ0n) is 11.6. The molecule has 0 spiro atoms. The minimum atomic E-state index is -0.500. The normalized spacial score (nSPS) is 10.0. The zero-order chi connectivity index (χ0) is 15.4. The molecule has 0 heterocycles. The van der Waals surface area contributed by atoms with E-state index in [2.05, 4.69) is 5.32 Å². The molecule has 0 fully saturated rings. The summed E-state index contributed by atoms with van der Waals surface area (Å²) in [5.74, 6) is -0.855. The fraction of sp³-hybridized carbons (Fsp3) is 0.125. The van der Waals surface area contributed by atoms with Crippen molar-refractivity contribution in [2.75, 3.05) is 12.4 Å². The fourth-order valence-electron chi connectivity index (χ4n) is 1.99. The van der Waals surface area contributed by atoms with E-state index >= 15 is 0 Å². The first-order valence-corrected chi connectivity index (χ1v) is 6.27. The smallest absolute Gasteiger partial charge is 0.255 e. The Hall–Kier alpha value is -2.69. The van der Waals surface area contributed by atoms with Gasteiger partial charge in [0, 0.05) is 5.56 Å². The molecular weight excluding hydrogens is 273 g/mol. The number of anilines is 1. The van der Waals surface area contributed by atoms with Crippen molar-refractivity contribution in [1.29, 1.82) is 0 Å². The number of ketones is 1. The van der Waals surface area contributed by atoms with Gasteiger partial charge in [-0.3, -0.25) is 9.59 Å². The summed E-state index contributed by atoms with van der Waals surface area (Å²) in [6.45, 7) is 1.38. The van der Waals surface area contributed by atoms with Gasteiger partial charge >= 0.3 is 0 Å². The van der Waals surface area contributed by atoms with Gasteiger partial charge in [0.25, 0.3) is 5.91 Å². The third-order valence-corrected chi connectivity index (χ3v) is 2.93. The Morgan fingerprint density at radius 3 is 2.48 bits per heavy atom. The largest absolute Gasteiger partial charge is 0.496 e. The minimum absolute atomic E-state index is 0.173. The highest BCUT2D eigenvalue weighted by molar-refractivity contribution is 6.10. The molecule has 0 unspecified atom stereocenters. The second-order valence-electron chi connectivity index (χ2n) is 4.40. The van der Waals surface area contributed by atoms with Crippen molar-refractivity contribution in [2.24, 2.45) is 0 Å². The highest BCUT2D eigenvalue weighted by Gasteiger charge is 2.16. The molecule has 1 amide bonds. The van der Waals surface area contributed by atoms with E-state index in [1.54, 1.807) is 18.2 Å². The third kappa shape index (κ3) is 3.25. The number of hydrogen-bond acceptors (Lipinski definition) is 3. The molecule has 0 saturated carbocycles. The number of ether oxygens (including phenoxy) is 1. The van der Waals surface area contributed by atoms with Crippen LogP contribution >= 0.6 is 0 Å². The van der Waals surface area contributed by atoms with E-state index in [0.717, 1.165) is 6.07 Å². The van der Waals surface area contributed by atoms with Crippen molar-refractivity contribution in [3.8, 4) is 5.75 Å². The number of halogens is 1. The first-order chi connectivity index (χ1) is 10.0. The molecule has 2 aromatic carbocycles. The number of carbonyl (C=O) groups excluding carboxylic acids is 2. The first kappa shape index (κ1) is 14.7. The van der Waals surface area contributed by atoms with Crippen LogP contribution in [0.25, 0.3) is 0 Å². The van der Waals surface area contributed by atoms with Crippen molar-refractivity contribution >= 4 is 17.4 Å². The van der Waals surface area contributed by atoms with E-state index in [9.17, 15) is 14.0 Å². The van der Waals surface area contributed by atoms with Crippen LogP contribution in [0.3, 0.4) is 0 Å². The summed E-state index contributed by atoms with van der Waals surface area (Å²) in [4.78, 5) is 23.8. The van der Waals surface area contributed by atoms with Crippen LogP contribution in [0.5, 0.6) is 5.75 Å². The molecule has 108 valence electrons. The lowest BCUT2D eigenvalue weighted by Gasteiger charge is -2.12. The quantitative estimate of drug-likeness (QED) is 0.878. The molecule has 0 aromatic heterocycles. The number of amides is 1. The van der Waals surface area contributed by atoms with Crippen LogP contribution in [0, 0.1) is 5.82 Å². The average molecular weight is 287 g/mol. The molecule has 21 heavy (non-hydrogen) atoms. The summed E-state index contributed by atoms with van der Waals surface area (Å²) in [5.41, 5.74) is 0.785. The van der Waals surface area contributed by atoms with Gasteiger partial charge in [-0.15, -0.1) is 0 Å². The maximum absolute atomic E-state index is 13.1. The van der Waals surface area contributed by atoms with Gasteiger partial charge in [0.05, 0.1) is 18.4 Å². The molecule has 0 radical (unpaired) electrons. The Morgan fingerprint density at radius 2 is 1.86 bits per heavy atom. The lowest BCUT2D eigenvalue weighted by molar-refractivity contribution is 0.101. The highest BCUT2D eigenvalue weighted by atomic mass is 19.1. The Labute approximate surface area is 121 Å². The number of hydrogen-bond donors (Lipinski definition) is 1. The maximum Gasteiger partial charge on any atom is 0.255 e. The van der Waals surface area contributed by atoms with Crippen LogP contribution in [0.1, 0.15) is 27.6 Å². The molecule has 0 bridgehead atoms.